The molecule has 0 amide bonds. The van der Waals surface area contributed by atoms with E-state index in [4.69, 9.17) is 0 Å². The second-order valence-corrected chi connectivity index (χ2v) is 6.82. The van der Waals surface area contributed by atoms with Crippen molar-refractivity contribution in [2.75, 3.05) is 0 Å². The third-order valence-electron chi connectivity index (χ3n) is 4.27. The van der Waals surface area contributed by atoms with E-state index >= 15 is 0 Å². The monoisotopic (exact) mass is 340 g/mol. The Kier molecular flexibility index (Phi) is 4.61. The Bertz CT molecular complexity index is 1020. The molecule has 2 heterocycles. The number of rotatable bonds is 5. The molecule has 3 aromatic rings. The lowest BCUT2D eigenvalue weighted by Crippen LogP contribution is -2.41. The zero-order chi connectivity index (χ0) is 18.1. The Labute approximate surface area is 146 Å². The maximum absolute atomic E-state index is 13.1. The van der Waals surface area contributed by atoms with Gasteiger partial charge < -0.3 is 4.57 Å². The number of hydrogen-bond acceptors (Lipinski definition) is 3. The topological polar surface area (TPSA) is 61.8 Å². The van der Waals surface area contributed by atoms with Gasteiger partial charge in [-0.3, -0.25) is 9.36 Å². The summed E-state index contributed by atoms with van der Waals surface area (Å²) < 4.78 is 4.76. The molecular weight excluding hydrogens is 316 g/mol. The molecular formula is C19H24N4O2. The molecule has 0 spiro atoms. The van der Waals surface area contributed by atoms with E-state index in [1.807, 2.05) is 49.6 Å². The molecule has 0 bridgehead atoms. The minimum Gasteiger partial charge on any atom is -0.325 e. The Morgan fingerprint density at radius 3 is 2.52 bits per heavy atom. The summed E-state index contributed by atoms with van der Waals surface area (Å²) in [4.78, 5) is 30.5. The number of fused-ring (bicyclic) bond motifs is 1. The SMILES string of the molecule is CCCn1cnc2c1c(=O)n(CC(C)C)c(=O)n2-c1ccccc1C. The highest BCUT2D eigenvalue weighted by Crippen LogP contribution is 2.16. The summed E-state index contributed by atoms with van der Waals surface area (Å²) in [5.74, 6) is 0.190. The smallest absolute Gasteiger partial charge is 0.325 e. The normalized spacial score (nSPS) is 11.6. The molecule has 6 nitrogen and oxygen atoms in total. The van der Waals surface area contributed by atoms with Crippen LogP contribution >= 0.6 is 0 Å². The van der Waals surface area contributed by atoms with Crippen molar-refractivity contribution in [3.05, 3.63) is 57.0 Å². The van der Waals surface area contributed by atoms with Gasteiger partial charge in [-0.25, -0.2) is 14.3 Å². The molecule has 25 heavy (non-hydrogen) atoms. The number of hydrogen-bond donors (Lipinski definition) is 0. The van der Waals surface area contributed by atoms with Crippen LogP contribution in [0.3, 0.4) is 0 Å². The van der Waals surface area contributed by atoms with Crippen LogP contribution < -0.4 is 11.2 Å². The molecule has 0 N–H and O–H groups in total. The van der Waals surface area contributed by atoms with E-state index in [0.717, 1.165) is 17.7 Å². The van der Waals surface area contributed by atoms with Crippen LogP contribution in [-0.4, -0.2) is 18.7 Å². The second kappa shape index (κ2) is 6.70. The van der Waals surface area contributed by atoms with E-state index in [0.29, 0.717) is 24.3 Å². The van der Waals surface area contributed by atoms with E-state index < -0.39 is 0 Å². The molecule has 3 rings (SSSR count). The van der Waals surface area contributed by atoms with E-state index in [1.165, 1.54) is 4.57 Å². The van der Waals surface area contributed by atoms with Gasteiger partial charge in [0.15, 0.2) is 11.2 Å². The van der Waals surface area contributed by atoms with Crippen LogP contribution in [0.2, 0.25) is 0 Å². The van der Waals surface area contributed by atoms with E-state index in [2.05, 4.69) is 11.9 Å². The Hall–Kier alpha value is -2.63. The average molecular weight is 340 g/mol. The van der Waals surface area contributed by atoms with Crippen molar-refractivity contribution in [2.24, 2.45) is 5.92 Å². The van der Waals surface area contributed by atoms with Gasteiger partial charge in [0.25, 0.3) is 5.56 Å². The first kappa shape index (κ1) is 17.2. The lowest BCUT2D eigenvalue weighted by Gasteiger charge is -2.15. The molecule has 0 fully saturated rings. The van der Waals surface area contributed by atoms with Gasteiger partial charge in [-0.1, -0.05) is 39.0 Å². The van der Waals surface area contributed by atoms with E-state index in [9.17, 15) is 9.59 Å². The summed E-state index contributed by atoms with van der Waals surface area (Å²) in [5, 5.41) is 0. The summed E-state index contributed by atoms with van der Waals surface area (Å²) in [7, 11) is 0. The number of aromatic nitrogens is 4. The molecule has 0 atom stereocenters. The molecule has 0 saturated heterocycles. The number of para-hydroxylation sites is 1. The molecule has 0 aliphatic rings. The lowest BCUT2D eigenvalue weighted by molar-refractivity contribution is 0.488. The second-order valence-electron chi connectivity index (χ2n) is 6.82. The van der Waals surface area contributed by atoms with Gasteiger partial charge in [-0.2, -0.15) is 0 Å². The van der Waals surface area contributed by atoms with Gasteiger partial charge >= 0.3 is 5.69 Å². The summed E-state index contributed by atoms with van der Waals surface area (Å²) in [6.07, 6.45) is 2.54. The number of aryl methyl sites for hydroxylation is 2. The molecule has 132 valence electrons. The van der Waals surface area contributed by atoms with Crippen LogP contribution in [0.15, 0.2) is 40.2 Å². The zero-order valence-electron chi connectivity index (χ0n) is 15.2. The molecule has 0 aliphatic heterocycles. The van der Waals surface area contributed by atoms with Crippen LogP contribution in [0, 0.1) is 12.8 Å². The highest BCUT2D eigenvalue weighted by Gasteiger charge is 2.20. The van der Waals surface area contributed by atoms with E-state index in [1.54, 1.807) is 10.9 Å². The molecule has 0 aliphatic carbocycles. The lowest BCUT2D eigenvalue weighted by atomic mass is 10.2. The highest BCUT2D eigenvalue weighted by molar-refractivity contribution is 5.72. The van der Waals surface area contributed by atoms with Crippen LogP contribution in [0.1, 0.15) is 32.8 Å². The minimum absolute atomic E-state index is 0.190. The predicted octanol–water partition coefficient (Wildman–Crippen LogP) is 2.72. The maximum Gasteiger partial charge on any atom is 0.337 e. The van der Waals surface area contributed by atoms with Crippen molar-refractivity contribution in [2.45, 2.75) is 47.2 Å². The third kappa shape index (κ3) is 2.92. The van der Waals surface area contributed by atoms with Crippen molar-refractivity contribution < 1.29 is 0 Å². The molecule has 6 heteroatoms. The largest absolute Gasteiger partial charge is 0.337 e. The first-order chi connectivity index (χ1) is 12.0. The van der Waals surface area contributed by atoms with Gasteiger partial charge in [0.1, 0.15) is 0 Å². The molecule has 2 aromatic heterocycles. The van der Waals surface area contributed by atoms with Crippen molar-refractivity contribution in [3.63, 3.8) is 0 Å². The fraction of sp³-hybridized carbons (Fsp3) is 0.421. The summed E-state index contributed by atoms with van der Waals surface area (Å²) in [5.41, 5.74) is 2.05. The van der Waals surface area contributed by atoms with Crippen molar-refractivity contribution in [1.29, 1.82) is 0 Å². The summed E-state index contributed by atoms with van der Waals surface area (Å²) >= 11 is 0. The van der Waals surface area contributed by atoms with Crippen molar-refractivity contribution in [3.8, 4) is 5.69 Å². The predicted molar refractivity (Wildman–Crippen MR) is 99.5 cm³/mol. The summed E-state index contributed by atoms with van der Waals surface area (Å²) in [6, 6.07) is 7.66. The van der Waals surface area contributed by atoms with Gasteiger partial charge in [0.2, 0.25) is 0 Å². The standard InChI is InChI=1S/C19H24N4O2/c1-5-10-21-12-20-17-16(21)18(24)22(11-13(2)3)19(25)23(17)15-9-7-6-8-14(15)4/h6-9,12-13H,5,10-11H2,1-4H3. The molecule has 0 radical (unpaired) electrons. The van der Waals surface area contributed by atoms with Crippen LogP contribution in [0.25, 0.3) is 16.9 Å². The minimum atomic E-state index is -0.331. The summed E-state index contributed by atoms with van der Waals surface area (Å²) in [6.45, 7) is 9.08. The Balaban J connectivity index is 2.45. The van der Waals surface area contributed by atoms with Gasteiger partial charge in [-0.05, 0) is 30.9 Å². The molecule has 1 aromatic carbocycles. The van der Waals surface area contributed by atoms with Gasteiger partial charge in [0.05, 0.1) is 12.0 Å². The van der Waals surface area contributed by atoms with Crippen LogP contribution in [0.5, 0.6) is 0 Å². The first-order valence-electron chi connectivity index (χ1n) is 8.72. The molecule has 0 saturated carbocycles. The fourth-order valence-electron chi connectivity index (χ4n) is 3.15. The van der Waals surface area contributed by atoms with Crippen molar-refractivity contribution in [1.82, 2.24) is 18.7 Å². The number of benzene rings is 1. The van der Waals surface area contributed by atoms with Crippen molar-refractivity contribution >= 4 is 11.2 Å². The third-order valence-corrected chi connectivity index (χ3v) is 4.27. The Morgan fingerprint density at radius 2 is 1.88 bits per heavy atom. The van der Waals surface area contributed by atoms with Gasteiger partial charge in [0, 0.05) is 13.1 Å². The zero-order valence-corrected chi connectivity index (χ0v) is 15.2. The average Bonchev–Trinajstić information content (AvgIpc) is 2.97. The maximum atomic E-state index is 13.1. The number of imidazole rings is 1. The van der Waals surface area contributed by atoms with Gasteiger partial charge in [-0.15, -0.1) is 0 Å². The number of nitrogens with zero attached hydrogens (tertiary/aromatic N) is 4. The van der Waals surface area contributed by atoms with Crippen LogP contribution in [-0.2, 0) is 13.1 Å². The Morgan fingerprint density at radius 1 is 1.16 bits per heavy atom. The fourth-order valence-corrected chi connectivity index (χ4v) is 3.15. The quantitative estimate of drug-likeness (QED) is 0.717. The van der Waals surface area contributed by atoms with Crippen LogP contribution in [0.4, 0.5) is 0 Å². The molecule has 0 unspecified atom stereocenters. The highest BCUT2D eigenvalue weighted by atomic mass is 16.2. The first-order valence-corrected chi connectivity index (χ1v) is 8.72. The van der Waals surface area contributed by atoms with E-state index in [-0.39, 0.29) is 17.2 Å².